The Balaban J connectivity index is 2.19. The highest BCUT2D eigenvalue weighted by Gasteiger charge is 2.32. The summed E-state index contributed by atoms with van der Waals surface area (Å²) < 4.78 is 0. The highest BCUT2D eigenvalue weighted by molar-refractivity contribution is 7.10. The molecule has 1 aliphatic carbocycles. The number of hydrogen-bond donors (Lipinski definition) is 0. The lowest BCUT2D eigenvalue weighted by atomic mass is 10.0. The number of rotatable bonds is 2. The molecule has 0 radical (unpaired) electrons. The number of ketones is 1. The van der Waals surface area contributed by atoms with Crippen LogP contribution in [0.1, 0.15) is 21.7 Å². The Morgan fingerprint density at radius 3 is 3.08 bits per heavy atom. The van der Waals surface area contributed by atoms with Crippen LogP contribution in [0.4, 0.5) is 0 Å². The van der Waals surface area contributed by atoms with Gasteiger partial charge in [0.2, 0.25) is 5.24 Å². The summed E-state index contributed by atoms with van der Waals surface area (Å²) in [6.07, 6.45) is 0.853. The van der Waals surface area contributed by atoms with Crippen molar-refractivity contribution in [3.8, 4) is 0 Å². The Morgan fingerprint density at radius 1 is 1.69 bits per heavy atom. The van der Waals surface area contributed by atoms with Crippen molar-refractivity contribution in [3.05, 3.63) is 21.9 Å². The minimum atomic E-state index is -0.423. The zero-order valence-corrected chi connectivity index (χ0v) is 8.32. The lowest BCUT2D eigenvalue weighted by Gasteiger charge is -2.02. The minimum Gasteiger partial charge on any atom is -0.294 e. The molecule has 0 bridgehead atoms. The van der Waals surface area contributed by atoms with E-state index in [0.717, 1.165) is 10.4 Å². The van der Waals surface area contributed by atoms with Gasteiger partial charge in [0.15, 0.2) is 5.78 Å². The molecule has 0 saturated heterocycles. The van der Waals surface area contributed by atoms with E-state index in [0.29, 0.717) is 6.42 Å². The Labute approximate surface area is 84.5 Å². The molecule has 2 rings (SSSR count). The molecule has 0 aliphatic heterocycles. The normalized spacial score (nSPS) is 20.4. The highest BCUT2D eigenvalue weighted by atomic mass is 35.5. The molecule has 0 N–H and O–H groups in total. The number of hydrogen-bond acceptors (Lipinski definition) is 3. The predicted molar refractivity (Wildman–Crippen MR) is 51.3 cm³/mol. The Morgan fingerprint density at radius 2 is 2.46 bits per heavy atom. The fourth-order valence-corrected chi connectivity index (χ4v) is 2.76. The van der Waals surface area contributed by atoms with E-state index < -0.39 is 5.24 Å². The first-order chi connectivity index (χ1) is 6.18. The standard InChI is InChI=1S/C9H7ClO2S/c10-8(11)4-5-3-7-6(9(5)12)1-2-13-7/h1-2,5H,3-4H2. The van der Waals surface area contributed by atoms with Crippen molar-refractivity contribution >= 4 is 34.0 Å². The number of fused-ring (bicyclic) bond motifs is 1. The van der Waals surface area contributed by atoms with Crippen LogP contribution in [0.2, 0.25) is 0 Å². The van der Waals surface area contributed by atoms with E-state index >= 15 is 0 Å². The van der Waals surface area contributed by atoms with Crippen LogP contribution in [0.15, 0.2) is 11.4 Å². The van der Waals surface area contributed by atoms with Gasteiger partial charge in [0.25, 0.3) is 0 Å². The minimum absolute atomic E-state index is 0.0743. The van der Waals surface area contributed by atoms with Crippen LogP contribution in [-0.2, 0) is 11.2 Å². The van der Waals surface area contributed by atoms with Crippen LogP contribution < -0.4 is 0 Å². The smallest absolute Gasteiger partial charge is 0.222 e. The van der Waals surface area contributed by atoms with Crippen molar-refractivity contribution in [2.75, 3.05) is 0 Å². The van der Waals surface area contributed by atoms with Gasteiger partial charge < -0.3 is 0 Å². The maximum Gasteiger partial charge on any atom is 0.222 e. The molecule has 4 heteroatoms. The molecule has 1 heterocycles. The van der Waals surface area contributed by atoms with Crippen molar-refractivity contribution < 1.29 is 9.59 Å². The summed E-state index contributed by atoms with van der Waals surface area (Å²) in [7, 11) is 0. The van der Waals surface area contributed by atoms with Crippen molar-refractivity contribution in [3.63, 3.8) is 0 Å². The maximum absolute atomic E-state index is 11.6. The second-order valence-electron chi connectivity index (χ2n) is 3.08. The summed E-state index contributed by atoms with van der Waals surface area (Å²) in [5, 5.41) is 1.48. The predicted octanol–water partition coefficient (Wildman–Crippen LogP) is 2.26. The molecule has 0 saturated carbocycles. The van der Waals surface area contributed by atoms with E-state index in [-0.39, 0.29) is 18.1 Å². The van der Waals surface area contributed by atoms with E-state index in [1.54, 1.807) is 11.3 Å². The van der Waals surface area contributed by atoms with Crippen LogP contribution in [-0.4, -0.2) is 11.0 Å². The van der Waals surface area contributed by atoms with Crippen molar-refractivity contribution in [1.29, 1.82) is 0 Å². The average Bonchev–Trinajstić information content (AvgIpc) is 2.56. The van der Waals surface area contributed by atoms with Gasteiger partial charge in [-0.3, -0.25) is 9.59 Å². The van der Waals surface area contributed by atoms with Crippen LogP contribution >= 0.6 is 22.9 Å². The third-order valence-electron chi connectivity index (χ3n) is 2.22. The molecule has 13 heavy (non-hydrogen) atoms. The van der Waals surface area contributed by atoms with Gasteiger partial charge in [-0.2, -0.15) is 0 Å². The molecule has 1 aromatic heterocycles. The van der Waals surface area contributed by atoms with E-state index in [1.807, 2.05) is 11.4 Å². The first kappa shape index (κ1) is 8.91. The quantitative estimate of drug-likeness (QED) is 0.708. The fraction of sp³-hybridized carbons (Fsp3) is 0.333. The van der Waals surface area contributed by atoms with Crippen LogP contribution in [0.5, 0.6) is 0 Å². The SMILES string of the molecule is O=C(Cl)CC1Cc2sccc2C1=O. The number of thiophene rings is 1. The van der Waals surface area contributed by atoms with Crippen molar-refractivity contribution in [2.24, 2.45) is 5.92 Å². The van der Waals surface area contributed by atoms with Crippen LogP contribution in [0.25, 0.3) is 0 Å². The lowest BCUT2D eigenvalue weighted by Crippen LogP contribution is -2.11. The molecule has 2 nitrogen and oxygen atoms in total. The first-order valence-corrected chi connectivity index (χ1v) is 5.23. The molecule has 1 aliphatic rings. The topological polar surface area (TPSA) is 34.1 Å². The summed E-state index contributed by atoms with van der Waals surface area (Å²) in [6, 6.07) is 1.82. The van der Waals surface area contributed by atoms with Crippen molar-refractivity contribution in [1.82, 2.24) is 0 Å². The number of carbonyl (C=O) groups excluding carboxylic acids is 2. The molecule has 1 atom stereocenters. The second kappa shape index (κ2) is 3.24. The van der Waals surface area contributed by atoms with E-state index in [4.69, 9.17) is 11.6 Å². The molecule has 1 unspecified atom stereocenters. The lowest BCUT2D eigenvalue weighted by molar-refractivity contribution is -0.112. The molecule has 0 amide bonds. The summed E-state index contributed by atoms with van der Waals surface area (Å²) in [5.41, 5.74) is 0.785. The Hall–Kier alpha value is -0.670. The van der Waals surface area contributed by atoms with Crippen LogP contribution in [0.3, 0.4) is 0 Å². The largest absolute Gasteiger partial charge is 0.294 e. The molecule has 0 aromatic carbocycles. The number of Topliss-reactive ketones (excluding diaryl/α,β-unsaturated/α-hetero) is 1. The van der Waals surface area contributed by atoms with Crippen molar-refractivity contribution in [2.45, 2.75) is 12.8 Å². The first-order valence-electron chi connectivity index (χ1n) is 3.97. The fourth-order valence-electron chi connectivity index (χ4n) is 1.61. The van der Waals surface area contributed by atoms with E-state index in [9.17, 15) is 9.59 Å². The monoisotopic (exact) mass is 214 g/mol. The molecule has 0 spiro atoms. The molecular formula is C9H7ClO2S. The summed E-state index contributed by atoms with van der Waals surface area (Å²) in [4.78, 5) is 23.3. The summed E-state index contributed by atoms with van der Waals surface area (Å²) >= 11 is 6.82. The zero-order valence-electron chi connectivity index (χ0n) is 6.75. The maximum atomic E-state index is 11.6. The van der Waals surface area contributed by atoms with Gasteiger partial charge in [-0.15, -0.1) is 11.3 Å². The molecule has 68 valence electrons. The molecule has 0 fully saturated rings. The Kier molecular flexibility index (Phi) is 2.22. The average molecular weight is 215 g/mol. The second-order valence-corrected chi connectivity index (χ2v) is 4.50. The number of halogens is 1. The van der Waals surface area contributed by atoms with Gasteiger partial charge >= 0.3 is 0 Å². The summed E-state index contributed by atoms with van der Waals surface area (Å²) in [6.45, 7) is 0. The van der Waals surface area contributed by atoms with Gasteiger partial charge in [-0.05, 0) is 29.5 Å². The van der Waals surface area contributed by atoms with Gasteiger partial charge in [0.05, 0.1) is 0 Å². The molecular weight excluding hydrogens is 208 g/mol. The highest BCUT2D eigenvalue weighted by Crippen LogP contribution is 2.32. The molecule has 1 aromatic rings. The Bertz CT molecular complexity index is 369. The van der Waals surface area contributed by atoms with Gasteiger partial charge in [-0.1, -0.05) is 0 Å². The van der Waals surface area contributed by atoms with Gasteiger partial charge in [0, 0.05) is 22.8 Å². The van der Waals surface area contributed by atoms with E-state index in [1.165, 1.54) is 0 Å². The van der Waals surface area contributed by atoms with Crippen LogP contribution in [0, 0.1) is 5.92 Å². The number of carbonyl (C=O) groups is 2. The van der Waals surface area contributed by atoms with Gasteiger partial charge in [-0.25, -0.2) is 0 Å². The zero-order chi connectivity index (χ0) is 9.42. The summed E-state index contributed by atoms with van der Waals surface area (Å²) in [5.74, 6) is -0.127. The van der Waals surface area contributed by atoms with E-state index in [2.05, 4.69) is 0 Å². The third-order valence-corrected chi connectivity index (χ3v) is 3.32. The van der Waals surface area contributed by atoms with Gasteiger partial charge in [0.1, 0.15) is 0 Å². The third kappa shape index (κ3) is 1.54.